The summed E-state index contributed by atoms with van der Waals surface area (Å²) in [7, 11) is 0. The molecule has 0 bridgehead atoms. The standard InChI is InChI=1S/C18H21N7OS/c26-17(11-25-7-3-15(24-25)13-2-1-4-19-8-13)22-9-14-12-27-18(23-14)16-10-20-5-6-21-16/h3,5-7,10,12-13,19H,1-2,4,8-9,11H2,(H,22,26)/t13-/m0/s1. The number of thiazole rings is 1. The van der Waals surface area contributed by atoms with E-state index in [2.05, 4.69) is 30.7 Å². The lowest BCUT2D eigenvalue weighted by atomic mass is 9.97. The van der Waals surface area contributed by atoms with Gasteiger partial charge in [-0.1, -0.05) is 0 Å². The minimum atomic E-state index is -0.0829. The van der Waals surface area contributed by atoms with E-state index in [0.717, 1.165) is 41.6 Å². The van der Waals surface area contributed by atoms with Gasteiger partial charge in [0.25, 0.3) is 0 Å². The van der Waals surface area contributed by atoms with Crippen LogP contribution in [0.4, 0.5) is 0 Å². The topological polar surface area (TPSA) is 97.6 Å². The molecule has 2 N–H and O–H groups in total. The van der Waals surface area contributed by atoms with Gasteiger partial charge in [0.15, 0.2) is 0 Å². The second-order valence-corrected chi connectivity index (χ2v) is 7.35. The maximum atomic E-state index is 12.2. The van der Waals surface area contributed by atoms with Crippen LogP contribution in [0, 0.1) is 0 Å². The van der Waals surface area contributed by atoms with E-state index >= 15 is 0 Å². The fourth-order valence-corrected chi connectivity index (χ4v) is 3.87. The lowest BCUT2D eigenvalue weighted by Crippen LogP contribution is -2.29. The molecule has 3 aromatic rings. The number of amides is 1. The molecule has 0 aliphatic carbocycles. The van der Waals surface area contributed by atoms with E-state index in [-0.39, 0.29) is 12.5 Å². The normalized spacial score (nSPS) is 17.0. The van der Waals surface area contributed by atoms with Gasteiger partial charge in [0.1, 0.15) is 17.2 Å². The Labute approximate surface area is 161 Å². The third-order valence-corrected chi connectivity index (χ3v) is 5.40. The van der Waals surface area contributed by atoms with E-state index in [4.69, 9.17) is 0 Å². The van der Waals surface area contributed by atoms with Gasteiger partial charge in [0.2, 0.25) is 5.91 Å². The third kappa shape index (κ3) is 4.55. The van der Waals surface area contributed by atoms with Crippen molar-refractivity contribution in [3.05, 3.63) is 47.6 Å². The molecule has 27 heavy (non-hydrogen) atoms. The summed E-state index contributed by atoms with van der Waals surface area (Å²) in [5.74, 6) is 0.359. The first-order valence-electron chi connectivity index (χ1n) is 8.99. The molecule has 0 radical (unpaired) electrons. The molecule has 1 aliphatic heterocycles. The Bertz CT molecular complexity index is 886. The second kappa shape index (κ2) is 8.36. The van der Waals surface area contributed by atoms with Gasteiger partial charge in [-0.2, -0.15) is 5.10 Å². The van der Waals surface area contributed by atoms with Gasteiger partial charge in [-0.15, -0.1) is 11.3 Å². The fourth-order valence-electron chi connectivity index (χ4n) is 3.09. The maximum Gasteiger partial charge on any atom is 0.242 e. The van der Waals surface area contributed by atoms with Crippen LogP contribution in [-0.2, 0) is 17.9 Å². The van der Waals surface area contributed by atoms with E-state index in [1.165, 1.54) is 17.8 Å². The van der Waals surface area contributed by atoms with Crippen LogP contribution in [0.1, 0.15) is 30.1 Å². The number of nitrogens with zero attached hydrogens (tertiary/aromatic N) is 5. The zero-order valence-corrected chi connectivity index (χ0v) is 15.7. The lowest BCUT2D eigenvalue weighted by Gasteiger charge is -2.20. The average molecular weight is 383 g/mol. The van der Waals surface area contributed by atoms with E-state index in [1.807, 2.05) is 17.6 Å². The molecule has 1 saturated heterocycles. The predicted octanol–water partition coefficient (Wildman–Crippen LogP) is 1.58. The van der Waals surface area contributed by atoms with Crippen LogP contribution in [0.15, 0.2) is 36.2 Å². The minimum absolute atomic E-state index is 0.0829. The van der Waals surface area contributed by atoms with E-state index in [1.54, 1.807) is 23.3 Å². The highest BCUT2D eigenvalue weighted by Gasteiger charge is 2.18. The Morgan fingerprint density at radius 3 is 3.19 bits per heavy atom. The maximum absolute atomic E-state index is 12.2. The lowest BCUT2D eigenvalue weighted by molar-refractivity contribution is -0.122. The number of rotatable bonds is 6. The molecule has 3 aromatic heterocycles. The summed E-state index contributed by atoms with van der Waals surface area (Å²) in [6.45, 7) is 2.63. The van der Waals surface area contributed by atoms with Gasteiger partial charge in [0.05, 0.1) is 24.1 Å². The number of carbonyl (C=O) groups excluding carboxylic acids is 1. The van der Waals surface area contributed by atoms with Crippen molar-refractivity contribution in [2.75, 3.05) is 13.1 Å². The molecular weight excluding hydrogens is 362 g/mol. The highest BCUT2D eigenvalue weighted by Crippen LogP contribution is 2.21. The third-order valence-electron chi connectivity index (χ3n) is 4.48. The van der Waals surface area contributed by atoms with Gasteiger partial charge >= 0.3 is 0 Å². The van der Waals surface area contributed by atoms with Crippen LogP contribution >= 0.6 is 11.3 Å². The zero-order chi connectivity index (χ0) is 18.5. The molecule has 0 unspecified atom stereocenters. The van der Waals surface area contributed by atoms with Gasteiger partial charge in [-0.3, -0.25) is 19.4 Å². The van der Waals surface area contributed by atoms with Crippen LogP contribution in [0.3, 0.4) is 0 Å². The molecule has 4 rings (SSSR count). The van der Waals surface area contributed by atoms with Crippen molar-refractivity contribution < 1.29 is 4.79 Å². The molecule has 1 amide bonds. The number of hydrogen-bond acceptors (Lipinski definition) is 7. The Morgan fingerprint density at radius 1 is 1.41 bits per heavy atom. The van der Waals surface area contributed by atoms with Crippen LogP contribution < -0.4 is 10.6 Å². The summed E-state index contributed by atoms with van der Waals surface area (Å²) in [6.07, 6.45) is 9.14. The van der Waals surface area contributed by atoms with Gasteiger partial charge in [-0.05, 0) is 25.5 Å². The highest BCUT2D eigenvalue weighted by molar-refractivity contribution is 7.13. The SMILES string of the molecule is O=C(Cn1ccc([C@H]2CCCNC2)n1)NCc1csc(-c2cnccn2)n1. The van der Waals surface area contributed by atoms with Crippen LogP contribution in [0.2, 0.25) is 0 Å². The molecule has 0 aromatic carbocycles. The molecule has 1 aliphatic rings. The first-order chi connectivity index (χ1) is 13.3. The summed E-state index contributed by atoms with van der Waals surface area (Å²) in [6, 6.07) is 2.01. The molecule has 8 nitrogen and oxygen atoms in total. The Balaban J connectivity index is 1.29. The first-order valence-corrected chi connectivity index (χ1v) is 9.87. The molecule has 140 valence electrons. The van der Waals surface area contributed by atoms with Crippen molar-refractivity contribution in [3.8, 4) is 10.7 Å². The van der Waals surface area contributed by atoms with E-state index in [9.17, 15) is 4.79 Å². The highest BCUT2D eigenvalue weighted by atomic mass is 32.1. The summed E-state index contributed by atoms with van der Waals surface area (Å²) in [5.41, 5.74) is 2.60. The van der Waals surface area contributed by atoms with Crippen LogP contribution in [0.25, 0.3) is 10.7 Å². The predicted molar refractivity (Wildman–Crippen MR) is 102 cm³/mol. The molecule has 1 atom stereocenters. The van der Waals surface area contributed by atoms with Crippen LogP contribution in [0.5, 0.6) is 0 Å². The quantitative estimate of drug-likeness (QED) is 0.671. The summed E-state index contributed by atoms with van der Waals surface area (Å²) in [4.78, 5) is 25.0. The monoisotopic (exact) mass is 383 g/mol. The number of piperidine rings is 1. The molecule has 0 spiro atoms. The summed E-state index contributed by atoms with van der Waals surface area (Å²) < 4.78 is 1.70. The Morgan fingerprint density at radius 2 is 2.37 bits per heavy atom. The Hall–Kier alpha value is -2.65. The number of nitrogens with one attached hydrogen (secondary N) is 2. The molecule has 9 heteroatoms. The Kier molecular flexibility index (Phi) is 5.50. The number of hydrogen-bond donors (Lipinski definition) is 2. The summed E-state index contributed by atoms with van der Waals surface area (Å²) in [5, 5.41) is 13.6. The van der Waals surface area contributed by atoms with Crippen LogP contribution in [-0.4, -0.2) is 43.7 Å². The van der Waals surface area contributed by atoms with Crippen molar-refractivity contribution in [1.82, 2.24) is 35.4 Å². The zero-order valence-electron chi connectivity index (χ0n) is 14.8. The molecular formula is C18H21N7OS. The van der Waals surface area contributed by atoms with Crippen molar-refractivity contribution in [2.45, 2.75) is 31.8 Å². The van der Waals surface area contributed by atoms with Crippen molar-refractivity contribution in [1.29, 1.82) is 0 Å². The molecule has 0 saturated carbocycles. The van der Waals surface area contributed by atoms with Gasteiger partial charge in [-0.25, -0.2) is 4.98 Å². The van der Waals surface area contributed by atoms with Crippen molar-refractivity contribution in [2.24, 2.45) is 0 Å². The second-order valence-electron chi connectivity index (χ2n) is 6.49. The van der Waals surface area contributed by atoms with E-state index in [0.29, 0.717) is 12.5 Å². The van der Waals surface area contributed by atoms with Crippen molar-refractivity contribution >= 4 is 17.2 Å². The van der Waals surface area contributed by atoms with Gasteiger partial charge < -0.3 is 10.6 Å². The first kappa shape index (κ1) is 17.7. The number of carbonyl (C=O) groups is 1. The minimum Gasteiger partial charge on any atom is -0.349 e. The average Bonchev–Trinajstić information content (AvgIpc) is 3.37. The van der Waals surface area contributed by atoms with Gasteiger partial charge in [0, 0.05) is 36.4 Å². The fraction of sp³-hybridized carbons (Fsp3) is 0.389. The molecule has 4 heterocycles. The largest absolute Gasteiger partial charge is 0.349 e. The summed E-state index contributed by atoms with van der Waals surface area (Å²) >= 11 is 1.49. The van der Waals surface area contributed by atoms with E-state index < -0.39 is 0 Å². The smallest absolute Gasteiger partial charge is 0.242 e. The number of aromatic nitrogens is 5. The van der Waals surface area contributed by atoms with Crippen molar-refractivity contribution in [3.63, 3.8) is 0 Å². The molecule has 1 fully saturated rings.